The predicted octanol–water partition coefficient (Wildman–Crippen LogP) is 2.14. The number of thiophene rings is 1. The second-order valence-electron chi connectivity index (χ2n) is 4.69. The van der Waals surface area contributed by atoms with Gasteiger partial charge in [0.2, 0.25) is 0 Å². The molecule has 1 aliphatic heterocycles. The summed E-state index contributed by atoms with van der Waals surface area (Å²) in [6.45, 7) is 1.95. The Hall–Kier alpha value is -1.61. The third-order valence-electron chi connectivity index (χ3n) is 3.20. The van der Waals surface area contributed by atoms with Crippen LogP contribution in [-0.4, -0.2) is 30.2 Å². The fourth-order valence-corrected chi connectivity index (χ4v) is 3.82. The van der Waals surface area contributed by atoms with Crippen LogP contribution in [0.1, 0.15) is 33.8 Å². The summed E-state index contributed by atoms with van der Waals surface area (Å²) in [4.78, 5) is 22.8. The highest BCUT2D eigenvalue weighted by Crippen LogP contribution is 2.45. The molecule has 1 atom stereocenters. The summed E-state index contributed by atoms with van der Waals surface area (Å²) in [6.07, 6.45) is -5.13. The first-order chi connectivity index (χ1) is 10.3. The van der Waals surface area contributed by atoms with Gasteiger partial charge in [-0.1, -0.05) is 0 Å². The van der Waals surface area contributed by atoms with E-state index in [1.165, 1.54) is 0 Å². The minimum absolute atomic E-state index is 0.0554. The van der Waals surface area contributed by atoms with Crippen LogP contribution in [0.3, 0.4) is 0 Å². The largest absolute Gasteiger partial charge is 0.481 e. The highest BCUT2D eigenvalue weighted by molar-refractivity contribution is 7.12. The van der Waals surface area contributed by atoms with Crippen molar-refractivity contribution in [3.8, 4) is 0 Å². The molecule has 1 aromatic rings. The summed E-state index contributed by atoms with van der Waals surface area (Å²) in [7, 11) is 0. The van der Waals surface area contributed by atoms with E-state index in [9.17, 15) is 22.8 Å². The molecular weight excluding hydrogens is 323 g/mol. The van der Waals surface area contributed by atoms with Crippen molar-refractivity contribution in [1.29, 1.82) is 0 Å². The molecule has 0 amide bonds. The van der Waals surface area contributed by atoms with E-state index in [1.807, 2.05) is 0 Å². The van der Waals surface area contributed by atoms with Gasteiger partial charge in [-0.05, 0) is 13.3 Å². The first-order valence-electron chi connectivity index (χ1n) is 6.59. The summed E-state index contributed by atoms with van der Waals surface area (Å²) in [5.74, 6) is -2.13. The van der Waals surface area contributed by atoms with Crippen LogP contribution in [0.2, 0.25) is 0 Å². The molecule has 0 aromatic carbocycles. The fraction of sp³-hybridized carbons (Fsp3) is 0.538. The highest BCUT2D eigenvalue weighted by atomic mass is 32.1. The van der Waals surface area contributed by atoms with Gasteiger partial charge < -0.3 is 15.2 Å². The van der Waals surface area contributed by atoms with Gasteiger partial charge >= 0.3 is 18.1 Å². The molecule has 122 valence electrons. The normalized spacial score (nSPS) is 17.9. The van der Waals surface area contributed by atoms with Crippen molar-refractivity contribution >= 4 is 23.3 Å². The maximum absolute atomic E-state index is 13.4. The van der Waals surface area contributed by atoms with Crippen LogP contribution in [-0.2, 0) is 33.3 Å². The van der Waals surface area contributed by atoms with Crippen molar-refractivity contribution in [2.45, 2.75) is 32.0 Å². The molecule has 0 aliphatic carbocycles. The third kappa shape index (κ3) is 3.25. The van der Waals surface area contributed by atoms with Gasteiger partial charge in [-0.2, -0.15) is 13.2 Å². The SMILES string of the molecule is CCOC(=O)C1NCCc2sc(CC(=O)O)c(C(F)(F)F)c21. The Labute approximate surface area is 128 Å². The maximum Gasteiger partial charge on any atom is 0.417 e. The number of ether oxygens (including phenoxy) is 1. The topological polar surface area (TPSA) is 75.6 Å². The molecule has 2 rings (SSSR count). The summed E-state index contributed by atoms with van der Waals surface area (Å²) in [6, 6.07) is -1.21. The van der Waals surface area contributed by atoms with Crippen molar-refractivity contribution in [2.75, 3.05) is 13.2 Å². The van der Waals surface area contributed by atoms with Crippen LogP contribution >= 0.6 is 11.3 Å². The second kappa shape index (κ2) is 6.25. The molecule has 2 heterocycles. The number of halogens is 3. The first kappa shape index (κ1) is 16.8. The Bertz CT molecular complexity index is 597. The number of hydrogen-bond acceptors (Lipinski definition) is 5. The predicted molar refractivity (Wildman–Crippen MR) is 71.7 cm³/mol. The number of rotatable bonds is 4. The molecule has 0 spiro atoms. The Kier molecular flexibility index (Phi) is 4.76. The van der Waals surface area contributed by atoms with Crippen LogP contribution in [0.4, 0.5) is 13.2 Å². The van der Waals surface area contributed by atoms with E-state index in [-0.39, 0.29) is 17.0 Å². The Morgan fingerprint density at radius 1 is 1.45 bits per heavy atom. The Morgan fingerprint density at radius 2 is 2.14 bits per heavy atom. The smallest absolute Gasteiger partial charge is 0.417 e. The van der Waals surface area contributed by atoms with Gasteiger partial charge in [0.05, 0.1) is 18.6 Å². The van der Waals surface area contributed by atoms with Crippen molar-refractivity contribution < 1.29 is 32.6 Å². The standard InChI is InChI=1S/C13H14F3NO4S/c1-2-21-12(20)11-9-6(3-4-17-11)22-7(5-8(18)19)10(9)13(14,15)16/h11,17H,2-5H2,1H3,(H,18,19). The van der Waals surface area contributed by atoms with Gasteiger partial charge in [0.15, 0.2) is 0 Å². The Balaban J connectivity index is 2.56. The average Bonchev–Trinajstić information content (AvgIpc) is 2.75. The molecule has 1 aromatic heterocycles. The molecule has 0 radical (unpaired) electrons. The van der Waals surface area contributed by atoms with Crippen molar-refractivity contribution in [1.82, 2.24) is 5.32 Å². The van der Waals surface area contributed by atoms with E-state index in [4.69, 9.17) is 9.84 Å². The fourth-order valence-electron chi connectivity index (χ4n) is 2.47. The number of fused-ring (bicyclic) bond motifs is 1. The number of carbonyl (C=O) groups excluding carboxylic acids is 1. The number of alkyl halides is 3. The van der Waals surface area contributed by atoms with E-state index in [0.717, 1.165) is 11.3 Å². The van der Waals surface area contributed by atoms with Crippen LogP contribution in [0.5, 0.6) is 0 Å². The highest BCUT2D eigenvalue weighted by Gasteiger charge is 2.44. The number of carbonyl (C=O) groups is 2. The number of carboxylic acid groups (broad SMARTS) is 1. The van der Waals surface area contributed by atoms with Crippen molar-refractivity contribution in [2.24, 2.45) is 0 Å². The summed E-state index contributed by atoms with van der Waals surface area (Å²) >= 11 is 0.808. The molecule has 2 N–H and O–H groups in total. The number of hydrogen-bond donors (Lipinski definition) is 2. The minimum atomic E-state index is -4.72. The Morgan fingerprint density at radius 3 is 2.68 bits per heavy atom. The zero-order valence-electron chi connectivity index (χ0n) is 11.6. The summed E-state index contributed by atoms with van der Waals surface area (Å²) in [5, 5.41) is 11.5. The monoisotopic (exact) mass is 337 g/mol. The van der Waals surface area contributed by atoms with Gasteiger partial charge in [0, 0.05) is 21.9 Å². The van der Waals surface area contributed by atoms with Gasteiger partial charge in [-0.15, -0.1) is 11.3 Å². The summed E-state index contributed by atoms with van der Waals surface area (Å²) < 4.78 is 44.9. The molecule has 0 fully saturated rings. The van der Waals surface area contributed by atoms with E-state index in [0.29, 0.717) is 17.8 Å². The zero-order chi connectivity index (χ0) is 16.5. The van der Waals surface area contributed by atoms with Crippen LogP contribution in [0.15, 0.2) is 0 Å². The third-order valence-corrected chi connectivity index (χ3v) is 4.47. The number of esters is 1. The average molecular weight is 337 g/mol. The van der Waals surface area contributed by atoms with E-state index in [1.54, 1.807) is 6.92 Å². The van der Waals surface area contributed by atoms with Gasteiger partial charge in [-0.3, -0.25) is 4.79 Å². The number of aliphatic carboxylic acids is 1. The molecule has 1 aliphatic rings. The zero-order valence-corrected chi connectivity index (χ0v) is 12.4. The number of nitrogens with one attached hydrogen (secondary N) is 1. The maximum atomic E-state index is 13.4. The molecule has 0 saturated heterocycles. The van der Waals surface area contributed by atoms with E-state index < -0.39 is 36.1 Å². The molecule has 1 unspecified atom stereocenters. The van der Waals surface area contributed by atoms with Gasteiger partial charge in [0.1, 0.15) is 6.04 Å². The van der Waals surface area contributed by atoms with E-state index >= 15 is 0 Å². The lowest BCUT2D eigenvalue weighted by Crippen LogP contribution is -2.36. The molecule has 0 saturated carbocycles. The van der Waals surface area contributed by atoms with Crippen LogP contribution in [0, 0.1) is 0 Å². The molecule has 5 nitrogen and oxygen atoms in total. The van der Waals surface area contributed by atoms with E-state index in [2.05, 4.69) is 5.32 Å². The lowest BCUT2D eigenvalue weighted by molar-refractivity contribution is -0.147. The number of carboxylic acids is 1. The van der Waals surface area contributed by atoms with Crippen LogP contribution in [0.25, 0.3) is 0 Å². The minimum Gasteiger partial charge on any atom is -0.481 e. The molecule has 9 heteroatoms. The lowest BCUT2D eigenvalue weighted by atomic mass is 9.95. The second-order valence-corrected chi connectivity index (χ2v) is 5.88. The van der Waals surface area contributed by atoms with Gasteiger partial charge in [-0.25, -0.2) is 4.79 Å². The van der Waals surface area contributed by atoms with Crippen LogP contribution < -0.4 is 5.32 Å². The molecular formula is C13H14F3NO4S. The molecule has 0 bridgehead atoms. The lowest BCUT2D eigenvalue weighted by Gasteiger charge is -2.24. The van der Waals surface area contributed by atoms with Gasteiger partial charge in [0.25, 0.3) is 0 Å². The first-order valence-corrected chi connectivity index (χ1v) is 7.40. The van der Waals surface area contributed by atoms with Crippen molar-refractivity contribution in [3.05, 3.63) is 20.9 Å². The van der Waals surface area contributed by atoms with Crippen molar-refractivity contribution in [3.63, 3.8) is 0 Å². The quantitative estimate of drug-likeness (QED) is 0.824. The molecule has 22 heavy (non-hydrogen) atoms. The summed E-state index contributed by atoms with van der Waals surface area (Å²) in [5.41, 5.74) is -1.20.